The Morgan fingerprint density at radius 1 is 0.966 bits per heavy atom. The SMILES string of the molecule is COCCCCCC(=O)OCCC(CCC(C)=O)CC(=O)NCCOS(C)(=O)=O. The second-order valence-electron chi connectivity index (χ2n) is 7.00. The highest BCUT2D eigenvalue weighted by molar-refractivity contribution is 7.85. The van der Waals surface area contributed by atoms with Crippen LogP contribution in [-0.4, -0.2) is 65.8 Å². The van der Waals surface area contributed by atoms with E-state index in [2.05, 4.69) is 9.50 Å². The Kier molecular flexibility index (Phi) is 15.4. The maximum absolute atomic E-state index is 12.0. The lowest BCUT2D eigenvalue weighted by Crippen LogP contribution is -2.30. The first-order chi connectivity index (χ1) is 13.6. The number of nitrogens with one attached hydrogen (secondary N) is 1. The van der Waals surface area contributed by atoms with Crippen LogP contribution in [0.1, 0.15) is 58.3 Å². The van der Waals surface area contributed by atoms with E-state index < -0.39 is 10.1 Å². The Hall–Kier alpha value is -1.52. The van der Waals surface area contributed by atoms with Gasteiger partial charge >= 0.3 is 5.97 Å². The Balaban J connectivity index is 4.18. The molecular formula is C19H35NO8S. The number of hydrogen-bond donors (Lipinski definition) is 1. The molecule has 0 aliphatic heterocycles. The maximum atomic E-state index is 12.0. The molecule has 0 heterocycles. The summed E-state index contributed by atoms with van der Waals surface area (Å²) < 4.78 is 36.5. The molecule has 1 atom stereocenters. The van der Waals surface area contributed by atoms with Crippen molar-refractivity contribution in [1.82, 2.24) is 5.32 Å². The summed E-state index contributed by atoms with van der Waals surface area (Å²) in [4.78, 5) is 35.0. The van der Waals surface area contributed by atoms with Gasteiger partial charge in [-0.2, -0.15) is 8.42 Å². The number of hydrogen-bond acceptors (Lipinski definition) is 8. The number of methoxy groups -OCH3 is 1. The summed E-state index contributed by atoms with van der Waals surface area (Å²) in [5.41, 5.74) is 0. The van der Waals surface area contributed by atoms with E-state index in [9.17, 15) is 22.8 Å². The maximum Gasteiger partial charge on any atom is 0.305 e. The van der Waals surface area contributed by atoms with Gasteiger partial charge in [0, 0.05) is 39.5 Å². The molecule has 0 aliphatic rings. The van der Waals surface area contributed by atoms with Gasteiger partial charge in [-0.05, 0) is 38.5 Å². The zero-order chi connectivity index (χ0) is 22.1. The quantitative estimate of drug-likeness (QED) is 0.195. The number of carbonyl (C=O) groups is 3. The Morgan fingerprint density at radius 3 is 2.31 bits per heavy atom. The minimum absolute atomic E-state index is 0.0324. The first-order valence-corrected chi connectivity index (χ1v) is 11.7. The second kappa shape index (κ2) is 16.3. The van der Waals surface area contributed by atoms with Gasteiger partial charge in [-0.3, -0.25) is 13.8 Å². The summed E-state index contributed by atoms with van der Waals surface area (Å²) in [7, 11) is -1.90. The molecule has 1 N–H and O–H groups in total. The van der Waals surface area contributed by atoms with Crippen LogP contribution in [0.4, 0.5) is 0 Å². The van der Waals surface area contributed by atoms with Gasteiger partial charge in [0.15, 0.2) is 0 Å². The summed E-state index contributed by atoms with van der Waals surface area (Å²) in [6.07, 6.45) is 5.36. The molecule has 170 valence electrons. The molecule has 29 heavy (non-hydrogen) atoms. The lowest BCUT2D eigenvalue weighted by Gasteiger charge is -2.16. The van der Waals surface area contributed by atoms with Crippen LogP contribution in [0.2, 0.25) is 0 Å². The van der Waals surface area contributed by atoms with Crippen LogP contribution in [0.25, 0.3) is 0 Å². The van der Waals surface area contributed by atoms with Crippen molar-refractivity contribution >= 4 is 27.8 Å². The monoisotopic (exact) mass is 437 g/mol. The molecule has 0 aromatic rings. The molecule has 10 heteroatoms. The average Bonchev–Trinajstić information content (AvgIpc) is 2.62. The molecule has 1 unspecified atom stereocenters. The highest BCUT2D eigenvalue weighted by Gasteiger charge is 2.16. The van der Waals surface area contributed by atoms with Crippen molar-refractivity contribution in [3.8, 4) is 0 Å². The third-order valence-corrected chi connectivity index (χ3v) is 4.71. The smallest absolute Gasteiger partial charge is 0.305 e. The molecule has 0 spiro atoms. The fourth-order valence-electron chi connectivity index (χ4n) is 2.58. The van der Waals surface area contributed by atoms with E-state index in [4.69, 9.17) is 9.47 Å². The molecule has 9 nitrogen and oxygen atoms in total. The number of Topliss-reactive ketones (excluding diaryl/α,β-unsaturated/α-hetero) is 1. The van der Waals surface area contributed by atoms with E-state index in [1.165, 1.54) is 6.92 Å². The van der Waals surface area contributed by atoms with E-state index in [-0.39, 0.29) is 49.8 Å². The molecule has 0 saturated carbocycles. The highest BCUT2D eigenvalue weighted by Crippen LogP contribution is 2.17. The number of rotatable bonds is 18. The van der Waals surface area contributed by atoms with Crippen molar-refractivity contribution in [3.05, 3.63) is 0 Å². The molecule has 0 saturated heterocycles. The lowest BCUT2D eigenvalue weighted by molar-refractivity contribution is -0.144. The molecule has 0 aromatic heterocycles. The summed E-state index contributed by atoms with van der Waals surface area (Å²) in [5.74, 6) is -0.607. The van der Waals surface area contributed by atoms with Gasteiger partial charge in [-0.15, -0.1) is 0 Å². The number of esters is 1. The number of unbranched alkanes of at least 4 members (excludes halogenated alkanes) is 2. The number of amides is 1. The van der Waals surface area contributed by atoms with E-state index in [1.54, 1.807) is 7.11 Å². The van der Waals surface area contributed by atoms with Crippen molar-refractivity contribution in [2.24, 2.45) is 5.92 Å². The van der Waals surface area contributed by atoms with Crippen LogP contribution < -0.4 is 5.32 Å². The van der Waals surface area contributed by atoms with Gasteiger partial charge in [0.05, 0.1) is 19.5 Å². The van der Waals surface area contributed by atoms with Crippen LogP contribution >= 0.6 is 0 Å². The molecule has 0 aromatic carbocycles. The first kappa shape index (κ1) is 27.5. The molecule has 0 rings (SSSR count). The summed E-state index contributed by atoms with van der Waals surface area (Å²) in [5, 5.41) is 2.59. The van der Waals surface area contributed by atoms with E-state index in [1.807, 2.05) is 0 Å². The van der Waals surface area contributed by atoms with Crippen LogP contribution in [-0.2, 0) is 38.2 Å². The summed E-state index contributed by atoms with van der Waals surface area (Å²) in [6, 6.07) is 0. The zero-order valence-electron chi connectivity index (χ0n) is 17.7. The molecule has 0 fully saturated rings. The zero-order valence-corrected chi connectivity index (χ0v) is 18.6. The largest absolute Gasteiger partial charge is 0.466 e. The van der Waals surface area contributed by atoms with Crippen LogP contribution in [0, 0.1) is 5.92 Å². The van der Waals surface area contributed by atoms with Crippen molar-refractivity contribution in [2.45, 2.75) is 58.3 Å². The van der Waals surface area contributed by atoms with E-state index in [0.717, 1.165) is 25.5 Å². The van der Waals surface area contributed by atoms with Crippen molar-refractivity contribution in [3.63, 3.8) is 0 Å². The van der Waals surface area contributed by atoms with E-state index in [0.29, 0.717) is 32.3 Å². The van der Waals surface area contributed by atoms with Gasteiger partial charge in [0.2, 0.25) is 5.91 Å². The predicted octanol–water partition coefficient (Wildman–Crippen LogP) is 1.59. The van der Waals surface area contributed by atoms with Crippen molar-refractivity contribution in [2.75, 3.05) is 39.7 Å². The van der Waals surface area contributed by atoms with Gasteiger partial charge in [0.1, 0.15) is 5.78 Å². The van der Waals surface area contributed by atoms with Crippen molar-refractivity contribution in [1.29, 1.82) is 0 Å². The number of ether oxygens (including phenoxy) is 2. The third-order valence-electron chi connectivity index (χ3n) is 4.12. The summed E-state index contributed by atoms with van der Waals surface area (Å²) in [6.45, 7) is 2.30. The Bertz CT molecular complexity index is 591. The fourth-order valence-corrected chi connectivity index (χ4v) is 2.96. The molecule has 0 aliphatic carbocycles. The fraction of sp³-hybridized carbons (Fsp3) is 0.842. The number of ketones is 1. The second-order valence-corrected chi connectivity index (χ2v) is 8.64. The highest BCUT2D eigenvalue weighted by atomic mass is 32.2. The predicted molar refractivity (Wildman–Crippen MR) is 108 cm³/mol. The van der Waals surface area contributed by atoms with Crippen LogP contribution in [0.15, 0.2) is 0 Å². The standard InChI is InChI=1S/C19H35NO8S/c1-16(21)8-9-17(15-18(22)20-11-14-28-29(3,24)25)10-13-27-19(23)7-5-4-6-12-26-2/h17H,4-15H2,1-3H3,(H,20,22). The minimum atomic E-state index is -3.54. The van der Waals surface area contributed by atoms with Crippen molar-refractivity contribution < 1.29 is 36.5 Å². The van der Waals surface area contributed by atoms with E-state index >= 15 is 0 Å². The topological polar surface area (TPSA) is 125 Å². The third kappa shape index (κ3) is 19.6. The Morgan fingerprint density at radius 2 is 1.69 bits per heavy atom. The van der Waals surface area contributed by atoms with Gasteiger partial charge in [-0.1, -0.05) is 6.42 Å². The molecule has 0 radical (unpaired) electrons. The van der Waals surface area contributed by atoms with Gasteiger partial charge in [0.25, 0.3) is 10.1 Å². The minimum Gasteiger partial charge on any atom is -0.466 e. The van der Waals surface area contributed by atoms with Gasteiger partial charge in [-0.25, -0.2) is 0 Å². The van der Waals surface area contributed by atoms with Gasteiger partial charge < -0.3 is 19.6 Å². The molecule has 1 amide bonds. The van der Waals surface area contributed by atoms with Crippen LogP contribution in [0.3, 0.4) is 0 Å². The first-order valence-electron chi connectivity index (χ1n) is 9.89. The summed E-state index contributed by atoms with van der Waals surface area (Å²) >= 11 is 0. The molecular weight excluding hydrogens is 402 g/mol. The Labute approximate surface area is 174 Å². The number of carbonyl (C=O) groups excluding carboxylic acids is 3. The lowest BCUT2D eigenvalue weighted by atomic mass is 9.94. The average molecular weight is 438 g/mol. The normalized spacial score (nSPS) is 12.4. The molecule has 0 bridgehead atoms. The van der Waals surface area contributed by atoms with Crippen LogP contribution in [0.5, 0.6) is 0 Å².